The molecule has 2 heterocycles. The molecule has 2 nitrogen and oxygen atoms in total. The molecular weight excluding hydrogens is 260 g/mol. The number of benzene rings is 1. The minimum Gasteiger partial charge on any atom is -0.339 e. The molecule has 3 rings (SSSR count). The maximum absolute atomic E-state index is 5.23. The van der Waals surface area contributed by atoms with Crippen LogP contribution in [0.3, 0.4) is 0 Å². The van der Waals surface area contributed by atoms with Crippen molar-refractivity contribution in [3.05, 3.63) is 57.9 Å². The largest absolute Gasteiger partial charge is 0.339 e. The summed E-state index contributed by atoms with van der Waals surface area (Å²) in [5.74, 6) is 0.822. The summed E-state index contributed by atoms with van der Waals surface area (Å²) in [5.41, 5.74) is 3.18. The van der Waals surface area contributed by atoms with E-state index in [4.69, 9.17) is 12.2 Å². The van der Waals surface area contributed by atoms with Crippen LogP contribution >= 0.6 is 23.6 Å². The van der Waals surface area contributed by atoms with E-state index in [9.17, 15) is 0 Å². The van der Waals surface area contributed by atoms with Crippen LogP contribution in [0.25, 0.3) is 22.6 Å². The minimum atomic E-state index is 0.605. The first-order valence-electron chi connectivity index (χ1n) is 5.52. The van der Waals surface area contributed by atoms with E-state index in [-0.39, 0.29) is 0 Å². The van der Waals surface area contributed by atoms with Crippen LogP contribution < -0.4 is 0 Å². The number of hydrogen-bond donors (Lipinski definition) is 1. The molecule has 0 aliphatic carbocycles. The molecule has 0 atom stereocenters. The molecule has 0 saturated carbocycles. The number of hydrogen-bond acceptors (Lipinski definition) is 3. The lowest BCUT2D eigenvalue weighted by Gasteiger charge is -2.04. The summed E-state index contributed by atoms with van der Waals surface area (Å²) >= 11 is 6.88. The Kier molecular flexibility index (Phi) is 3.04. The molecule has 0 bridgehead atoms. The Bertz CT molecular complexity index is 700. The molecule has 3 aromatic rings. The van der Waals surface area contributed by atoms with Crippen LogP contribution in [0.2, 0.25) is 0 Å². The first-order valence-corrected chi connectivity index (χ1v) is 6.87. The van der Waals surface area contributed by atoms with E-state index in [1.165, 1.54) is 0 Å². The second kappa shape index (κ2) is 4.84. The van der Waals surface area contributed by atoms with Gasteiger partial charge < -0.3 is 4.98 Å². The van der Waals surface area contributed by atoms with Gasteiger partial charge in [-0.05, 0) is 23.1 Å². The summed E-state index contributed by atoms with van der Waals surface area (Å²) in [5, 5.41) is 4.09. The lowest BCUT2D eigenvalue weighted by Crippen LogP contribution is -1.91. The van der Waals surface area contributed by atoms with Crippen molar-refractivity contribution in [3.63, 3.8) is 0 Å². The van der Waals surface area contributed by atoms with Crippen LogP contribution in [-0.4, -0.2) is 9.97 Å². The number of thiophene rings is 1. The van der Waals surface area contributed by atoms with Crippen LogP contribution in [-0.2, 0) is 0 Å². The molecule has 1 N–H and O–H groups in total. The number of aromatic nitrogens is 2. The lowest BCUT2D eigenvalue weighted by molar-refractivity contribution is 1.17. The van der Waals surface area contributed by atoms with Gasteiger partial charge in [0, 0.05) is 16.6 Å². The standard InChI is InChI=1S/C14H10N2S2/c17-13-8-12(10-4-2-1-3-5-10)15-14(16-13)11-6-7-18-9-11/h1-9H,(H,15,16,17). The molecule has 1 aromatic carbocycles. The van der Waals surface area contributed by atoms with E-state index in [0.717, 1.165) is 22.6 Å². The normalized spacial score (nSPS) is 10.4. The van der Waals surface area contributed by atoms with Gasteiger partial charge >= 0.3 is 0 Å². The van der Waals surface area contributed by atoms with Crippen LogP contribution in [0.5, 0.6) is 0 Å². The zero-order chi connectivity index (χ0) is 12.4. The average molecular weight is 270 g/mol. The van der Waals surface area contributed by atoms with E-state index in [1.807, 2.05) is 35.7 Å². The van der Waals surface area contributed by atoms with Gasteiger partial charge in [0.2, 0.25) is 0 Å². The number of nitrogens with one attached hydrogen (secondary N) is 1. The summed E-state index contributed by atoms with van der Waals surface area (Å²) in [6.45, 7) is 0. The molecule has 0 aliphatic heterocycles. The Morgan fingerprint density at radius 1 is 1.06 bits per heavy atom. The van der Waals surface area contributed by atoms with Crippen LogP contribution in [0, 0.1) is 4.64 Å². The van der Waals surface area contributed by atoms with Crippen molar-refractivity contribution in [2.24, 2.45) is 0 Å². The summed E-state index contributed by atoms with van der Waals surface area (Å²) in [7, 11) is 0. The van der Waals surface area contributed by atoms with Crippen LogP contribution in [0.15, 0.2) is 53.2 Å². The Hall–Kier alpha value is -1.78. The van der Waals surface area contributed by atoms with Gasteiger partial charge in [-0.15, -0.1) is 0 Å². The zero-order valence-corrected chi connectivity index (χ0v) is 11.1. The first-order chi connectivity index (χ1) is 8.83. The third-order valence-electron chi connectivity index (χ3n) is 2.62. The number of H-pyrrole nitrogens is 1. The van der Waals surface area contributed by atoms with Crippen molar-refractivity contribution in [2.45, 2.75) is 0 Å². The molecule has 0 spiro atoms. The topological polar surface area (TPSA) is 28.7 Å². The smallest absolute Gasteiger partial charge is 0.140 e. The van der Waals surface area contributed by atoms with Crippen LogP contribution in [0.4, 0.5) is 0 Å². The van der Waals surface area contributed by atoms with E-state index in [2.05, 4.69) is 27.5 Å². The van der Waals surface area contributed by atoms with Crippen molar-refractivity contribution >= 4 is 23.6 Å². The molecule has 0 aliphatic rings. The first kappa shape index (κ1) is 11.3. The van der Waals surface area contributed by atoms with Crippen molar-refractivity contribution in [3.8, 4) is 22.6 Å². The lowest BCUT2D eigenvalue weighted by atomic mass is 10.1. The SMILES string of the molecule is S=c1cc(-c2ccccc2)[nH]c(-c2ccsc2)n1. The predicted molar refractivity (Wildman–Crippen MR) is 78.2 cm³/mol. The van der Waals surface area contributed by atoms with Crippen molar-refractivity contribution in [1.29, 1.82) is 0 Å². The van der Waals surface area contributed by atoms with Crippen molar-refractivity contribution in [1.82, 2.24) is 9.97 Å². The second-order valence-electron chi connectivity index (χ2n) is 3.86. The van der Waals surface area contributed by atoms with E-state index in [1.54, 1.807) is 11.3 Å². The zero-order valence-electron chi connectivity index (χ0n) is 9.46. The van der Waals surface area contributed by atoms with E-state index >= 15 is 0 Å². The van der Waals surface area contributed by atoms with Gasteiger partial charge in [0.1, 0.15) is 10.5 Å². The summed E-state index contributed by atoms with van der Waals surface area (Å²) in [6, 6.07) is 14.1. The van der Waals surface area contributed by atoms with Crippen LogP contribution in [0.1, 0.15) is 0 Å². The van der Waals surface area contributed by atoms with Gasteiger partial charge in [-0.3, -0.25) is 0 Å². The summed E-state index contributed by atoms with van der Waals surface area (Å²) in [6.07, 6.45) is 0. The Morgan fingerprint density at radius 2 is 1.89 bits per heavy atom. The van der Waals surface area contributed by atoms with Gasteiger partial charge in [0.15, 0.2) is 0 Å². The minimum absolute atomic E-state index is 0.605. The van der Waals surface area contributed by atoms with Gasteiger partial charge in [0.25, 0.3) is 0 Å². The number of rotatable bonds is 2. The molecular formula is C14H10N2S2. The predicted octanol–water partition coefficient (Wildman–Crippen LogP) is 4.53. The van der Waals surface area contributed by atoms with E-state index in [0.29, 0.717) is 4.64 Å². The maximum Gasteiger partial charge on any atom is 0.140 e. The average Bonchev–Trinajstić information content (AvgIpc) is 2.93. The molecule has 0 amide bonds. The Morgan fingerprint density at radius 3 is 2.61 bits per heavy atom. The van der Waals surface area contributed by atoms with Gasteiger partial charge in [-0.25, -0.2) is 4.98 Å². The molecule has 18 heavy (non-hydrogen) atoms. The third kappa shape index (κ3) is 2.25. The molecule has 0 saturated heterocycles. The highest BCUT2D eigenvalue weighted by Gasteiger charge is 2.04. The number of nitrogens with zero attached hydrogens (tertiary/aromatic N) is 1. The van der Waals surface area contributed by atoms with Crippen molar-refractivity contribution < 1.29 is 0 Å². The van der Waals surface area contributed by atoms with Gasteiger partial charge in [-0.1, -0.05) is 42.5 Å². The fraction of sp³-hybridized carbons (Fsp3) is 0. The van der Waals surface area contributed by atoms with E-state index < -0.39 is 0 Å². The fourth-order valence-electron chi connectivity index (χ4n) is 1.77. The van der Waals surface area contributed by atoms with Gasteiger partial charge in [-0.2, -0.15) is 11.3 Å². The molecule has 2 aromatic heterocycles. The molecule has 4 heteroatoms. The second-order valence-corrected chi connectivity index (χ2v) is 5.06. The van der Waals surface area contributed by atoms with Crippen molar-refractivity contribution in [2.75, 3.05) is 0 Å². The molecule has 0 unspecified atom stereocenters. The molecule has 0 radical (unpaired) electrons. The Balaban J connectivity index is 2.15. The third-order valence-corrected chi connectivity index (χ3v) is 3.51. The fourth-order valence-corrected chi connectivity index (χ4v) is 2.62. The summed E-state index contributed by atoms with van der Waals surface area (Å²) < 4.78 is 0.605. The maximum atomic E-state index is 5.23. The Labute approximate surface area is 114 Å². The number of aromatic amines is 1. The molecule has 88 valence electrons. The summed E-state index contributed by atoms with van der Waals surface area (Å²) in [4.78, 5) is 7.70. The highest BCUT2D eigenvalue weighted by atomic mass is 32.1. The van der Waals surface area contributed by atoms with Gasteiger partial charge in [0.05, 0.1) is 0 Å². The highest BCUT2D eigenvalue weighted by Crippen LogP contribution is 2.22. The highest BCUT2D eigenvalue weighted by molar-refractivity contribution is 7.71. The molecule has 0 fully saturated rings. The monoisotopic (exact) mass is 270 g/mol. The quantitative estimate of drug-likeness (QED) is 0.693.